The maximum atomic E-state index is 12.6. The molecule has 0 bridgehead atoms. The molecule has 0 aliphatic rings. The highest BCUT2D eigenvalue weighted by molar-refractivity contribution is 5.85. The third-order valence-corrected chi connectivity index (χ3v) is 3.81. The Kier molecular flexibility index (Phi) is 4.30. The molecule has 132 valence electrons. The zero-order chi connectivity index (χ0) is 18.1. The summed E-state index contributed by atoms with van der Waals surface area (Å²) in [6.45, 7) is 4.54. The molecule has 3 heterocycles. The number of furan rings is 1. The molecule has 0 unspecified atom stereocenters. The van der Waals surface area contributed by atoms with Crippen molar-refractivity contribution in [3.05, 3.63) is 38.7 Å². The zero-order valence-electron chi connectivity index (χ0n) is 13.9. The van der Waals surface area contributed by atoms with Gasteiger partial charge in [-0.3, -0.25) is 13.9 Å². The van der Waals surface area contributed by atoms with E-state index in [0.717, 1.165) is 0 Å². The lowest BCUT2D eigenvalue weighted by Gasteiger charge is -2.09. The molecule has 0 aromatic carbocycles. The van der Waals surface area contributed by atoms with E-state index in [1.165, 1.54) is 21.3 Å². The summed E-state index contributed by atoms with van der Waals surface area (Å²) in [7, 11) is 0. The van der Waals surface area contributed by atoms with Crippen molar-refractivity contribution in [3.63, 3.8) is 0 Å². The minimum absolute atomic E-state index is 0.186. The van der Waals surface area contributed by atoms with Gasteiger partial charge in [-0.05, 0) is 25.0 Å². The molecule has 25 heavy (non-hydrogen) atoms. The number of carbonyl (C=O) groups is 1. The number of aryl methyl sites for hydroxylation is 1. The molecule has 0 radical (unpaired) electrons. The fraction of sp³-hybridized carbons (Fsp3) is 0.375. The van der Waals surface area contributed by atoms with E-state index in [2.05, 4.69) is 9.97 Å². The fourth-order valence-electron chi connectivity index (χ4n) is 2.71. The Balaban J connectivity index is 2.26. The minimum atomic E-state index is -1.20. The summed E-state index contributed by atoms with van der Waals surface area (Å²) >= 11 is 0. The van der Waals surface area contributed by atoms with Crippen molar-refractivity contribution in [2.45, 2.75) is 39.8 Å². The van der Waals surface area contributed by atoms with E-state index in [-0.39, 0.29) is 28.5 Å². The molecule has 3 aromatic heterocycles. The number of rotatable bonds is 6. The van der Waals surface area contributed by atoms with E-state index >= 15 is 0 Å². The van der Waals surface area contributed by atoms with Crippen LogP contribution in [0.1, 0.15) is 37.2 Å². The SMILES string of the molecule is CCCn1c(=O)c2[nH]c(-c3ccc(C(=O)O)o3)nc2n(CCC)c1=O. The van der Waals surface area contributed by atoms with Crippen LogP contribution in [0.4, 0.5) is 0 Å². The van der Waals surface area contributed by atoms with Crippen LogP contribution < -0.4 is 11.2 Å². The smallest absolute Gasteiger partial charge is 0.371 e. The fourth-order valence-corrected chi connectivity index (χ4v) is 2.71. The quantitative estimate of drug-likeness (QED) is 0.700. The van der Waals surface area contributed by atoms with Gasteiger partial charge < -0.3 is 14.5 Å². The molecule has 0 aliphatic carbocycles. The number of H-pyrrole nitrogens is 1. The Morgan fingerprint density at radius 1 is 1.20 bits per heavy atom. The van der Waals surface area contributed by atoms with Crippen LogP contribution in [-0.4, -0.2) is 30.2 Å². The number of hydrogen-bond acceptors (Lipinski definition) is 5. The Hall–Kier alpha value is -3.10. The number of fused-ring (bicyclic) bond motifs is 1. The molecule has 0 atom stereocenters. The van der Waals surface area contributed by atoms with E-state index in [0.29, 0.717) is 25.9 Å². The summed E-state index contributed by atoms with van der Waals surface area (Å²) < 4.78 is 7.86. The number of hydrogen-bond donors (Lipinski definition) is 2. The second-order valence-corrected chi connectivity index (χ2v) is 5.64. The molecule has 3 aromatic rings. The van der Waals surface area contributed by atoms with Gasteiger partial charge in [0, 0.05) is 13.1 Å². The molecule has 0 amide bonds. The maximum absolute atomic E-state index is 12.6. The number of aromatic carboxylic acids is 1. The largest absolute Gasteiger partial charge is 0.475 e. The van der Waals surface area contributed by atoms with Gasteiger partial charge in [0.2, 0.25) is 5.76 Å². The first-order valence-electron chi connectivity index (χ1n) is 8.04. The van der Waals surface area contributed by atoms with Gasteiger partial charge in [0.05, 0.1) is 0 Å². The third-order valence-electron chi connectivity index (χ3n) is 3.81. The van der Waals surface area contributed by atoms with Crippen molar-refractivity contribution in [1.82, 2.24) is 19.1 Å². The molecule has 0 saturated carbocycles. The predicted octanol–water partition coefficient (Wildman–Crippen LogP) is 1.66. The van der Waals surface area contributed by atoms with Gasteiger partial charge in [0.1, 0.15) is 0 Å². The lowest BCUT2D eigenvalue weighted by Crippen LogP contribution is -2.40. The molecule has 9 heteroatoms. The lowest BCUT2D eigenvalue weighted by atomic mass is 10.4. The third kappa shape index (κ3) is 2.77. The van der Waals surface area contributed by atoms with Crippen LogP contribution in [0.5, 0.6) is 0 Å². The second kappa shape index (κ2) is 6.42. The zero-order valence-corrected chi connectivity index (χ0v) is 13.9. The maximum Gasteiger partial charge on any atom is 0.371 e. The van der Waals surface area contributed by atoms with Crippen molar-refractivity contribution in [3.8, 4) is 11.6 Å². The number of nitrogens with zero attached hydrogens (tertiary/aromatic N) is 3. The van der Waals surface area contributed by atoms with Gasteiger partial charge >= 0.3 is 11.7 Å². The average Bonchev–Trinajstić information content (AvgIpc) is 3.22. The van der Waals surface area contributed by atoms with Crippen LogP contribution >= 0.6 is 0 Å². The van der Waals surface area contributed by atoms with Crippen molar-refractivity contribution in [1.29, 1.82) is 0 Å². The highest BCUT2D eigenvalue weighted by Gasteiger charge is 2.19. The predicted molar refractivity (Wildman–Crippen MR) is 89.9 cm³/mol. The summed E-state index contributed by atoms with van der Waals surface area (Å²) in [5.41, 5.74) is -0.403. The first-order chi connectivity index (χ1) is 12.0. The molecule has 9 nitrogen and oxygen atoms in total. The highest BCUT2D eigenvalue weighted by Crippen LogP contribution is 2.21. The van der Waals surface area contributed by atoms with Crippen molar-refractivity contribution in [2.75, 3.05) is 0 Å². The van der Waals surface area contributed by atoms with Crippen molar-refractivity contribution < 1.29 is 14.3 Å². The number of aromatic amines is 1. The number of aromatic nitrogens is 4. The van der Waals surface area contributed by atoms with Gasteiger partial charge in [-0.15, -0.1) is 0 Å². The van der Waals surface area contributed by atoms with Gasteiger partial charge in [-0.2, -0.15) is 0 Å². The molecular formula is C16H18N4O5. The van der Waals surface area contributed by atoms with E-state index in [4.69, 9.17) is 9.52 Å². The second-order valence-electron chi connectivity index (χ2n) is 5.64. The Bertz CT molecular complexity index is 1050. The normalized spacial score (nSPS) is 11.3. The first-order valence-corrected chi connectivity index (χ1v) is 8.04. The molecule has 0 spiro atoms. The highest BCUT2D eigenvalue weighted by atomic mass is 16.4. The average molecular weight is 346 g/mol. The van der Waals surface area contributed by atoms with E-state index in [9.17, 15) is 14.4 Å². The minimum Gasteiger partial charge on any atom is -0.475 e. The summed E-state index contributed by atoms with van der Waals surface area (Å²) in [5, 5.41) is 8.95. The summed E-state index contributed by atoms with van der Waals surface area (Å²) in [4.78, 5) is 43.3. The number of carboxylic acid groups (broad SMARTS) is 1. The standard InChI is InChI=1S/C16H18N4O5/c1-3-7-19-13-11(14(21)20(8-4-2)16(19)24)17-12(18-13)9-5-6-10(25-9)15(22)23/h5-6H,3-4,7-8H2,1-2H3,(H,17,18)(H,22,23). The summed E-state index contributed by atoms with van der Waals surface area (Å²) in [6.07, 6.45) is 1.35. The monoisotopic (exact) mass is 346 g/mol. The van der Waals surface area contributed by atoms with Gasteiger partial charge in [-0.25, -0.2) is 14.6 Å². The first kappa shape index (κ1) is 16.7. The van der Waals surface area contributed by atoms with Crippen LogP contribution in [0.25, 0.3) is 22.7 Å². The van der Waals surface area contributed by atoms with Gasteiger partial charge in [0.15, 0.2) is 22.7 Å². The Morgan fingerprint density at radius 3 is 2.48 bits per heavy atom. The molecular weight excluding hydrogens is 328 g/mol. The van der Waals surface area contributed by atoms with Gasteiger partial charge in [-0.1, -0.05) is 13.8 Å². The van der Waals surface area contributed by atoms with Crippen LogP contribution in [0.15, 0.2) is 26.1 Å². The van der Waals surface area contributed by atoms with E-state index < -0.39 is 17.2 Å². The van der Waals surface area contributed by atoms with Crippen LogP contribution in [-0.2, 0) is 13.1 Å². The van der Waals surface area contributed by atoms with E-state index in [1.54, 1.807) is 0 Å². The van der Waals surface area contributed by atoms with E-state index in [1.807, 2.05) is 13.8 Å². The number of nitrogens with one attached hydrogen (secondary N) is 1. The number of carboxylic acids is 1. The van der Waals surface area contributed by atoms with Gasteiger partial charge in [0.25, 0.3) is 5.56 Å². The summed E-state index contributed by atoms with van der Waals surface area (Å²) in [6, 6.07) is 2.76. The van der Waals surface area contributed by atoms with Crippen molar-refractivity contribution in [2.24, 2.45) is 0 Å². The molecule has 3 rings (SSSR count). The number of imidazole rings is 1. The molecule has 0 saturated heterocycles. The van der Waals surface area contributed by atoms with Crippen LogP contribution in [0.3, 0.4) is 0 Å². The van der Waals surface area contributed by atoms with Crippen LogP contribution in [0.2, 0.25) is 0 Å². The topological polar surface area (TPSA) is 123 Å². The molecule has 0 fully saturated rings. The van der Waals surface area contributed by atoms with Crippen LogP contribution in [0, 0.1) is 0 Å². The molecule has 0 aliphatic heterocycles. The van der Waals surface area contributed by atoms with Crippen molar-refractivity contribution >= 4 is 17.1 Å². The molecule has 2 N–H and O–H groups in total. The Morgan fingerprint density at radius 2 is 1.88 bits per heavy atom. The lowest BCUT2D eigenvalue weighted by molar-refractivity contribution is 0.0663. The summed E-state index contributed by atoms with van der Waals surface area (Å²) in [5.74, 6) is -1.04. The Labute approximate surface area is 141 Å².